The van der Waals surface area contributed by atoms with Crippen molar-refractivity contribution in [3.63, 3.8) is 0 Å². The zero-order valence-electron chi connectivity index (χ0n) is 9.73. The minimum Gasteiger partial charge on any atom is -0.394 e. The van der Waals surface area contributed by atoms with E-state index in [1.165, 1.54) is 10.9 Å². The number of aliphatic hydroxyl groups excluding tert-OH is 1. The quantitative estimate of drug-likeness (QED) is 0.596. The molecule has 0 aliphatic carbocycles. The Labute approximate surface area is 112 Å². The summed E-state index contributed by atoms with van der Waals surface area (Å²) in [7, 11) is 0. The topological polar surface area (TPSA) is 110 Å². The summed E-state index contributed by atoms with van der Waals surface area (Å²) < 4.78 is 1.52. The summed E-state index contributed by atoms with van der Waals surface area (Å²) in [5.41, 5.74) is 5.25. The van der Waals surface area contributed by atoms with Crippen LogP contribution in [0.25, 0.3) is 0 Å². The fourth-order valence-corrected chi connectivity index (χ4v) is 1.78. The first kappa shape index (κ1) is 14.7. The summed E-state index contributed by atoms with van der Waals surface area (Å²) in [6.07, 6.45) is 2.37. The Hall–Kier alpha value is -1.41. The van der Waals surface area contributed by atoms with Gasteiger partial charge >= 0.3 is 0 Å². The molecule has 0 spiro atoms. The zero-order valence-corrected chi connectivity index (χ0v) is 11.3. The first-order chi connectivity index (χ1) is 8.56. The molecule has 0 saturated heterocycles. The Kier molecular flexibility index (Phi) is 5.79. The first-order valence-corrected chi connectivity index (χ1v) is 6.24. The van der Waals surface area contributed by atoms with Crippen LogP contribution in [0.1, 0.15) is 12.8 Å². The third kappa shape index (κ3) is 4.11. The number of nitrogens with one attached hydrogen (secondary N) is 1. The van der Waals surface area contributed by atoms with Crippen LogP contribution in [0.2, 0.25) is 0 Å². The van der Waals surface area contributed by atoms with E-state index in [0.29, 0.717) is 29.5 Å². The number of amides is 1. The number of hydrogen-bond acceptors (Lipinski definition) is 5. The average Bonchev–Trinajstić information content (AvgIpc) is 2.33. The van der Waals surface area contributed by atoms with Crippen LogP contribution in [0.4, 0.5) is 5.69 Å². The molecule has 1 rings (SSSR count). The number of rotatable bonds is 7. The number of aromatic nitrogens is 2. The molecule has 0 unspecified atom stereocenters. The molecule has 18 heavy (non-hydrogen) atoms. The maximum atomic E-state index is 11.7. The van der Waals surface area contributed by atoms with Crippen LogP contribution < -0.4 is 16.6 Å². The predicted molar refractivity (Wildman–Crippen MR) is 70.2 cm³/mol. The van der Waals surface area contributed by atoms with Crippen LogP contribution in [0.5, 0.6) is 0 Å². The molecule has 7 nitrogen and oxygen atoms in total. The zero-order chi connectivity index (χ0) is 13.5. The molecule has 0 aliphatic heterocycles. The minimum atomic E-state index is -0.354. The number of primary amides is 1. The van der Waals surface area contributed by atoms with Crippen LogP contribution in [0.15, 0.2) is 15.5 Å². The lowest BCUT2D eigenvalue weighted by atomic mass is 10.3. The van der Waals surface area contributed by atoms with E-state index in [1.807, 2.05) is 0 Å². The molecule has 0 bridgehead atoms. The highest BCUT2D eigenvalue weighted by atomic mass is 79.9. The average molecular weight is 319 g/mol. The fourth-order valence-electron chi connectivity index (χ4n) is 1.33. The van der Waals surface area contributed by atoms with E-state index >= 15 is 0 Å². The number of halogens is 1. The molecular weight excluding hydrogens is 304 g/mol. The third-order valence-electron chi connectivity index (χ3n) is 2.21. The van der Waals surface area contributed by atoms with E-state index in [-0.39, 0.29) is 24.6 Å². The van der Waals surface area contributed by atoms with Crippen molar-refractivity contribution < 1.29 is 9.90 Å². The lowest BCUT2D eigenvalue weighted by molar-refractivity contribution is -0.118. The molecule has 0 radical (unpaired) electrons. The van der Waals surface area contributed by atoms with Crippen molar-refractivity contribution in [1.82, 2.24) is 9.78 Å². The second kappa shape index (κ2) is 7.12. The Morgan fingerprint density at radius 1 is 1.61 bits per heavy atom. The van der Waals surface area contributed by atoms with Gasteiger partial charge in [0, 0.05) is 13.0 Å². The van der Waals surface area contributed by atoms with Gasteiger partial charge in [-0.25, -0.2) is 4.68 Å². The molecule has 8 heteroatoms. The van der Waals surface area contributed by atoms with Gasteiger partial charge in [0.15, 0.2) is 0 Å². The molecule has 0 fully saturated rings. The standard InChI is InChI=1S/C10H15BrN4O3/c11-9-7(13-3-1-2-8(12)17)6-14-15(4-5-16)10(9)18/h6,13,16H,1-5H2,(H2,12,17). The van der Waals surface area contributed by atoms with E-state index < -0.39 is 0 Å². The SMILES string of the molecule is NC(=O)CCCNc1cnn(CCO)c(=O)c1Br. The second-order valence-electron chi connectivity index (χ2n) is 3.62. The van der Waals surface area contributed by atoms with Gasteiger partial charge < -0.3 is 16.2 Å². The lowest BCUT2D eigenvalue weighted by Crippen LogP contribution is -2.26. The highest BCUT2D eigenvalue weighted by Gasteiger charge is 2.08. The van der Waals surface area contributed by atoms with Gasteiger partial charge in [0.1, 0.15) is 4.47 Å². The van der Waals surface area contributed by atoms with E-state index in [9.17, 15) is 9.59 Å². The summed E-state index contributed by atoms with van der Waals surface area (Å²) in [4.78, 5) is 22.3. The fraction of sp³-hybridized carbons (Fsp3) is 0.500. The molecule has 0 aliphatic rings. The van der Waals surface area contributed by atoms with E-state index in [1.54, 1.807) is 0 Å². The van der Waals surface area contributed by atoms with Crippen molar-refractivity contribution in [2.45, 2.75) is 19.4 Å². The van der Waals surface area contributed by atoms with Crippen LogP contribution in [0.3, 0.4) is 0 Å². The molecule has 1 aromatic rings. The normalized spacial score (nSPS) is 10.3. The molecule has 0 atom stereocenters. The Balaban J connectivity index is 2.65. The van der Waals surface area contributed by atoms with Crippen molar-refractivity contribution >= 4 is 27.5 Å². The molecule has 1 heterocycles. The number of hydrogen-bond donors (Lipinski definition) is 3. The van der Waals surface area contributed by atoms with Crippen molar-refractivity contribution in [2.24, 2.45) is 5.73 Å². The second-order valence-corrected chi connectivity index (χ2v) is 4.41. The molecule has 100 valence electrons. The maximum Gasteiger partial charge on any atom is 0.283 e. The summed E-state index contributed by atoms with van der Waals surface area (Å²) in [5.74, 6) is -0.354. The number of nitrogens with two attached hydrogens (primary N) is 1. The first-order valence-electron chi connectivity index (χ1n) is 5.45. The molecule has 1 aromatic heterocycles. The van der Waals surface area contributed by atoms with Gasteiger partial charge in [0.25, 0.3) is 5.56 Å². The van der Waals surface area contributed by atoms with Crippen molar-refractivity contribution in [3.8, 4) is 0 Å². The highest BCUT2D eigenvalue weighted by molar-refractivity contribution is 9.10. The molecule has 1 amide bonds. The van der Waals surface area contributed by atoms with Gasteiger partial charge in [-0.05, 0) is 22.4 Å². The number of carbonyl (C=O) groups excluding carboxylic acids is 1. The minimum absolute atomic E-state index is 0.148. The van der Waals surface area contributed by atoms with E-state index in [0.717, 1.165) is 0 Å². The highest BCUT2D eigenvalue weighted by Crippen LogP contribution is 2.15. The molecule has 0 aromatic carbocycles. The van der Waals surface area contributed by atoms with E-state index in [2.05, 4.69) is 26.3 Å². The summed E-state index contributed by atoms with van der Waals surface area (Å²) in [6.45, 7) is 0.525. The van der Waals surface area contributed by atoms with Gasteiger partial charge in [0.05, 0.1) is 25.0 Å². The monoisotopic (exact) mass is 318 g/mol. The van der Waals surface area contributed by atoms with E-state index in [4.69, 9.17) is 10.8 Å². The Bertz CT molecular complexity index is 475. The van der Waals surface area contributed by atoms with Gasteiger partial charge in [-0.3, -0.25) is 9.59 Å². The predicted octanol–water partition coefficient (Wildman–Crippen LogP) is -0.325. The largest absolute Gasteiger partial charge is 0.394 e. The summed E-state index contributed by atoms with van der Waals surface area (Å²) >= 11 is 3.17. The molecular formula is C10H15BrN4O3. The van der Waals surface area contributed by atoms with Crippen molar-refractivity contribution in [2.75, 3.05) is 18.5 Å². The van der Waals surface area contributed by atoms with Gasteiger partial charge in [-0.1, -0.05) is 0 Å². The maximum absolute atomic E-state index is 11.7. The van der Waals surface area contributed by atoms with Crippen molar-refractivity contribution in [1.29, 1.82) is 0 Å². The smallest absolute Gasteiger partial charge is 0.283 e. The summed E-state index contributed by atoms with van der Waals surface area (Å²) in [5, 5.41) is 15.6. The lowest BCUT2D eigenvalue weighted by Gasteiger charge is -2.09. The summed E-state index contributed by atoms with van der Waals surface area (Å²) in [6, 6.07) is 0. The molecule has 0 saturated carbocycles. The van der Waals surface area contributed by atoms with Crippen LogP contribution in [-0.2, 0) is 11.3 Å². The Morgan fingerprint density at radius 2 is 2.33 bits per heavy atom. The Morgan fingerprint density at radius 3 is 2.94 bits per heavy atom. The van der Waals surface area contributed by atoms with Gasteiger partial charge in [-0.2, -0.15) is 5.10 Å². The third-order valence-corrected chi connectivity index (χ3v) is 2.98. The number of anilines is 1. The van der Waals surface area contributed by atoms with Gasteiger partial charge in [0.2, 0.25) is 5.91 Å². The van der Waals surface area contributed by atoms with Crippen LogP contribution in [-0.4, -0.2) is 33.9 Å². The number of aliphatic hydroxyl groups is 1. The van der Waals surface area contributed by atoms with Gasteiger partial charge in [-0.15, -0.1) is 0 Å². The van der Waals surface area contributed by atoms with Crippen LogP contribution >= 0.6 is 15.9 Å². The molecule has 4 N–H and O–H groups in total. The van der Waals surface area contributed by atoms with Crippen LogP contribution in [0, 0.1) is 0 Å². The number of carbonyl (C=O) groups is 1. The van der Waals surface area contributed by atoms with Crippen molar-refractivity contribution in [3.05, 3.63) is 21.0 Å². The number of nitrogens with zero attached hydrogens (tertiary/aromatic N) is 2.